The van der Waals surface area contributed by atoms with E-state index in [0.29, 0.717) is 43.6 Å². The Morgan fingerprint density at radius 3 is 2.29 bits per heavy atom. The first-order valence-electron chi connectivity index (χ1n) is 8.29. The Hall–Kier alpha value is -3.16. The molecule has 142 valence electrons. The lowest BCUT2D eigenvalue weighted by atomic mass is 10.1. The number of fused-ring (bicyclic) bond motifs is 2. The summed E-state index contributed by atoms with van der Waals surface area (Å²) in [6.45, 7) is 0.143. The summed E-state index contributed by atoms with van der Waals surface area (Å²) in [6, 6.07) is 18.6. The molecule has 5 rings (SSSR count). The van der Waals surface area contributed by atoms with E-state index in [-0.39, 0.29) is 18.1 Å². The number of halogens is 1. The highest BCUT2D eigenvalue weighted by Gasteiger charge is 2.25. The van der Waals surface area contributed by atoms with E-state index in [0.717, 1.165) is 0 Å². The molecule has 0 bridgehead atoms. The summed E-state index contributed by atoms with van der Waals surface area (Å²) in [5, 5.41) is 0.681. The Kier molecular flexibility index (Phi) is 4.62. The third-order valence-electron chi connectivity index (χ3n) is 4.39. The minimum Gasteiger partial charge on any atom is -0.455 e. The lowest BCUT2D eigenvalue weighted by Gasteiger charge is -2.04. The molecule has 0 saturated carbocycles. The van der Waals surface area contributed by atoms with Gasteiger partial charge in [0.25, 0.3) is 0 Å². The van der Waals surface area contributed by atoms with Crippen LogP contribution in [0, 0.1) is 5.82 Å². The SMILES string of the molecule is O.O=[S@](c1ccccc1)c1c(-c2ccc(F)cc2)oc2cc3c(cc12)OCO3. The fourth-order valence-corrected chi connectivity index (χ4v) is 4.43. The van der Waals surface area contributed by atoms with Crippen LogP contribution in [0.1, 0.15) is 0 Å². The fourth-order valence-electron chi connectivity index (χ4n) is 3.10. The molecule has 28 heavy (non-hydrogen) atoms. The smallest absolute Gasteiger partial charge is 0.231 e. The minimum atomic E-state index is -1.49. The van der Waals surface area contributed by atoms with Crippen LogP contribution >= 0.6 is 0 Å². The zero-order valence-electron chi connectivity index (χ0n) is 14.5. The first-order valence-corrected chi connectivity index (χ1v) is 9.44. The first-order chi connectivity index (χ1) is 13.2. The summed E-state index contributed by atoms with van der Waals surface area (Å²) in [5.41, 5.74) is 1.19. The molecule has 1 aromatic heterocycles. The number of furan rings is 1. The minimum absolute atomic E-state index is 0. The Balaban J connectivity index is 0.00000192. The molecule has 7 heteroatoms. The van der Waals surface area contributed by atoms with Gasteiger partial charge >= 0.3 is 0 Å². The Bertz CT molecular complexity index is 1170. The summed E-state index contributed by atoms with van der Waals surface area (Å²) >= 11 is 0. The second-order valence-electron chi connectivity index (χ2n) is 6.05. The van der Waals surface area contributed by atoms with Crippen molar-refractivity contribution in [3.63, 3.8) is 0 Å². The van der Waals surface area contributed by atoms with E-state index >= 15 is 0 Å². The highest BCUT2D eigenvalue weighted by Crippen LogP contribution is 2.43. The molecule has 4 aromatic rings. The van der Waals surface area contributed by atoms with Gasteiger partial charge in [0.05, 0.1) is 15.7 Å². The molecule has 1 aliphatic rings. The van der Waals surface area contributed by atoms with Crippen LogP contribution in [0.25, 0.3) is 22.3 Å². The molecule has 0 radical (unpaired) electrons. The van der Waals surface area contributed by atoms with Gasteiger partial charge in [0, 0.05) is 21.9 Å². The topological polar surface area (TPSA) is 80.2 Å². The van der Waals surface area contributed by atoms with Crippen LogP contribution in [-0.2, 0) is 10.8 Å². The van der Waals surface area contributed by atoms with Crippen LogP contribution in [0.4, 0.5) is 4.39 Å². The van der Waals surface area contributed by atoms with Gasteiger partial charge in [-0.1, -0.05) is 18.2 Å². The molecule has 2 heterocycles. The Labute approximate surface area is 162 Å². The maximum atomic E-state index is 13.4. The van der Waals surface area contributed by atoms with Gasteiger partial charge in [-0.2, -0.15) is 0 Å². The van der Waals surface area contributed by atoms with Crippen LogP contribution in [0.3, 0.4) is 0 Å². The molecule has 0 aliphatic carbocycles. The number of hydrogen-bond acceptors (Lipinski definition) is 4. The molecule has 0 unspecified atom stereocenters. The second kappa shape index (κ2) is 7.10. The van der Waals surface area contributed by atoms with Crippen molar-refractivity contribution < 1.29 is 28.0 Å². The second-order valence-corrected chi connectivity index (χ2v) is 7.47. The van der Waals surface area contributed by atoms with Crippen molar-refractivity contribution in [1.82, 2.24) is 0 Å². The van der Waals surface area contributed by atoms with Gasteiger partial charge in [0.1, 0.15) is 11.4 Å². The summed E-state index contributed by atoms with van der Waals surface area (Å²) in [4.78, 5) is 1.18. The first kappa shape index (κ1) is 18.2. The van der Waals surface area contributed by atoms with E-state index in [1.54, 1.807) is 36.4 Å². The molecule has 2 N–H and O–H groups in total. The average molecular weight is 398 g/mol. The van der Waals surface area contributed by atoms with E-state index in [1.807, 2.05) is 18.2 Å². The number of ether oxygens (including phenoxy) is 2. The van der Waals surface area contributed by atoms with Gasteiger partial charge in [-0.05, 0) is 42.5 Å². The highest BCUT2D eigenvalue weighted by molar-refractivity contribution is 7.85. The molecule has 5 nitrogen and oxygen atoms in total. The molecule has 1 aliphatic heterocycles. The van der Waals surface area contributed by atoms with Gasteiger partial charge < -0.3 is 19.4 Å². The van der Waals surface area contributed by atoms with Crippen LogP contribution in [0.5, 0.6) is 11.5 Å². The molecule has 0 amide bonds. The summed E-state index contributed by atoms with van der Waals surface area (Å²) in [6.07, 6.45) is 0. The van der Waals surface area contributed by atoms with Crippen LogP contribution in [-0.4, -0.2) is 16.5 Å². The summed E-state index contributed by atoms with van der Waals surface area (Å²) < 4.78 is 43.7. The maximum absolute atomic E-state index is 13.4. The number of benzene rings is 3. The highest BCUT2D eigenvalue weighted by atomic mass is 32.2. The van der Waals surface area contributed by atoms with Crippen LogP contribution in [0.15, 0.2) is 80.9 Å². The van der Waals surface area contributed by atoms with Gasteiger partial charge in [-0.15, -0.1) is 0 Å². The van der Waals surface area contributed by atoms with E-state index in [2.05, 4.69) is 0 Å². The fraction of sp³-hybridized carbons (Fsp3) is 0.0476. The average Bonchev–Trinajstić information content (AvgIpc) is 3.30. The largest absolute Gasteiger partial charge is 0.455 e. The molecule has 3 aromatic carbocycles. The monoisotopic (exact) mass is 398 g/mol. The normalized spacial score (nSPS) is 13.3. The van der Waals surface area contributed by atoms with E-state index in [9.17, 15) is 8.60 Å². The quantitative estimate of drug-likeness (QED) is 0.515. The van der Waals surface area contributed by atoms with Gasteiger partial charge in [-0.3, -0.25) is 0 Å². The Morgan fingerprint density at radius 2 is 1.57 bits per heavy atom. The zero-order valence-corrected chi connectivity index (χ0v) is 15.3. The van der Waals surface area contributed by atoms with Gasteiger partial charge in [0.2, 0.25) is 6.79 Å². The third kappa shape index (κ3) is 2.94. The van der Waals surface area contributed by atoms with E-state index in [4.69, 9.17) is 13.9 Å². The standard InChI is InChI=1S/C21H13FO4S.H2O/c22-14-8-6-13(7-9-14)20-21(27(23)15-4-2-1-3-5-15)16-10-18-19(25-12-24-18)11-17(16)26-20;/h1-11H,12H2;1H2/t27-;/m1./s1. The van der Waals surface area contributed by atoms with E-state index in [1.165, 1.54) is 12.1 Å². The molecular weight excluding hydrogens is 383 g/mol. The number of rotatable bonds is 3. The molecule has 0 saturated heterocycles. The summed E-state index contributed by atoms with van der Waals surface area (Å²) in [5.74, 6) is 1.26. The summed E-state index contributed by atoms with van der Waals surface area (Å²) in [7, 11) is -1.49. The number of hydrogen-bond donors (Lipinski definition) is 0. The van der Waals surface area contributed by atoms with Crippen molar-refractivity contribution in [2.45, 2.75) is 9.79 Å². The van der Waals surface area contributed by atoms with E-state index < -0.39 is 10.8 Å². The van der Waals surface area contributed by atoms with Crippen molar-refractivity contribution in [1.29, 1.82) is 0 Å². The predicted molar refractivity (Wildman–Crippen MR) is 102 cm³/mol. The van der Waals surface area contributed by atoms with Crippen molar-refractivity contribution in [2.75, 3.05) is 6.79 Å². The van der Waals surface area contributed by atoms with Crippen molar-refractivity contribution in [2.24, 2.45) is 0 Å². The molecule has 1 atom stereocenters. The molecule has 0 fully saturated rings. The third-order valence-corrected chi connectivity index (χ3v) is 5.86. The Morgan fingerprint density at radius 1 is 0.893 bits per heavy atom. The maximum Gasteiger partial charge on any atom is 0.231 e. The predicted octanol–water partition coefficient (Wildman–Crippen LogP) is 4.31. The molecule has 0 spiro atoms. The lowest BCUT2D eigenvalue weighted by molar-refractivity contribution is 0.174. The lowest BCUT2D eigenvalue weighted by Crippen LogP contribution is -1.94. The van der Waals surface area contributed by atoms with Crippen molar-refractivity contribution in [3.05, 3.63) is 72.5 Å². The molecular formula is C21H15FO5S. The van der Waals surface area contributed by atoms with Gasteiger partial charge in [0.15, 0.2) is 17.3 Å². The van der Waals surface area contributed by atoms with Crippen molar-refractivity contribution >= 4 is 21.8 Å². The van der Waals surface area contributed by atoms with Crippen LogP contribution < -0.4 is 9.47 Å². The zero-order chi connectivity index (χ0) is 18.4. The van der Waals surface area contributed by atoms with Crippen molar-refractivity contribution in [3.8, 4) is 22.8 Å². The van der Waals surface area contributed by atoms with Crippen LogP contribution in [0.2, 0.25) is 0 Å². The van der Waals surface area contributed by atoms with Gasteiger partial charge in [-0.25, -0.2) is 8.60 Å².